The lowest BCUT2D eigenvalue weighted by Crippen LogP contribution is -2.62. The van der Waals surface area contributed by atoms with Crippen molar-refractivity contribution >= 4 is 46.1 Å². The van der Waals surface area contributed by atoms with Gasteiger partial charge in [-0.3, -0.25) is 23.8 Å². The lowest BCUT2D eigenvalue weighted by Gasteiger charge is -2.36. The number of nitroso groups, excluding NO2 is 1. The summed E-state index contributed by atoms with van der Waals surface area (Å²) in [5.41, 5.74) is 0.0294. The van der Waals surface area contributed by atoms with E-state index in [4.69, 9.17) is 14.0 Å². The lowest BCUT2D eigenvalue weighted by atomic mass is 10.0. The molecule has 2 unspecified atom stereocenters. The standard InChI is InChI=1S/C40H52FN6O10PS/c1-4-21-56-40(50)28(3)43-58(52,57-34-9-7-6-8-10-34)37(41)30-13-11-29-12-14-31(26-32(29)25-30)38(48)42-35-27-45(59(53,54)24-5-2)18-17-33-15-16-36(46(33)39(35)49)47(51)44-19-22-55-23-20-44/h6-14,25-26,28,33,35-37H,4-5,15-24,27H2,1-3H3,(H-,42,43,48,52)/p+1/t28-,33+,35-,36+,37?,58?/m0/s1. The second-order valence-electron chi connectivity index (χ2n) is 15.0. The van der Waals surface area contributed by atoms with Crippen molar-refractivity contribution in [3.63, 3.8) is 0 Å². The highest BCUT2D eigenvalue weighted by molar-refractivity contribution is 7.89. The minimum absolute atomic E-state index is 0.0588. The van der Waals surface area contributed by atoms with Crippen LogP contribution in [0.4, 0.5) is 4.39 Å². The van der Waals surface area contributed by atoms with Crippen molar-refractivity contribution in [3.05, 3.63) is 82.8 Å². The number of amides is 2. The van der Waals surface area contributed by atoms with Gasteiger partial charge in [-0.1, -0.05) is 50.2 Å². The van der Waals surface area contributed by atoms with Crippen molar-refractivity contribution in [3.8, 4) is 5.75 Å². The van der Waals surface area contributed by atoms with Gasteiger partial charge in [0.05, 0.1) is 30.5 Å². The van der Waals surface area contributed by atoms with Crippen LogP contribution in [0.2, 0.25) is 0 Å². The normalized spacial score (nSPS) is 22.4. The lowest BCUT2D eigenvalue weighted by molar-refractivity contribution is -0.749. The average molecular weight is 860 g/mol. The molecule has 0 aromatic heterocycles. The first-order valence-corrected chi connectivity index (χ1v) is 23.4. The molecule has 19 heteroatoms. The van der Waals surface area contributed by atoms with Gasteiger partial charge in [0, 0.05) is 31.1 Å². The maximum atomic E-state index is 16.6. The van der Waals surface area contributed by atoms with Crippen LogP contribution in [0.5, 0.6) is 5.75 Å². The van der Waals surface area contributed by atoms with Crippen LogP contribution in [0.1, 0.15) is 74.7 Å². The molecule has 3 aliphatic rings. The van der Waals surface area contributed by atoms with Gasteiger partial charge < -0.3 is 19.3 Å². The number of rotatable bonds is 16. The molecule has 6 atom stereocenters. The van der Waals surface area contributed by atoms with Crippen LogP contribution in [0.25, 0.3) is 10.8 Å². The molecule has 0 spiro atoms. The molecule has 2 N–H and O–H groups in total. The Morgan fingerprint density at radius 3 is 2.42 bits per heavy atom. The Morgan fingerprint density at radius 2 is 1.71 bits per heavy atom. The predicted octanol–water partition coefficient (Wildman–Crippen LogP) is 4.90. The number of benzene rings is 3. The summed E-state index contributed by atoms with van der Waals surface area (Å²) < 4.78 is 75.4. The molecule has 6 rings (SSSR count). The summed E-state index contributed by atoms with van der Waals surface area (Å²) in [6, 6.07) is 14.2. The molecule has 0 radical (unpaired) electrons. The zero-order chi connectivity index (χ0) is 42.3. The molecule has 2 amide bonds. The molecule has 3 aliphatic heterocycles. The highest BCUT2D eigenvalue weighted by atomic mass is 32.2. The van der Waals surface area contributed by atoms with Gasteiger partial charge in [0.2, 0.25) is 15.9 Å². The summed E-state index contributed by atoms with van der Waals surface area (Å²) in [6.45, 7) is 6.36. The van der Waals surface area contributed by atoms with E-state index in [0.717, 1.165) is 4.87 Å². The van der Waals surface area contributed by atoms with Crippen LogP contribution >= 0.6 is 7.52 Å². The topological polar surface area (TPSA) is 184 Å². The summed E-state index contributed by atoms with van der Waals surface area (Å²) in [4.78, 5) is 57.1. The number of nitrogens with zero attached hydrogens (tertiary/aromatic N) is 4. The van der Waals surface area contributed by atoms with E-state index in [9.17, 15) is 32.3 Å². The first kappa shape index (κ1) is 44.1. The van der Waals surface area contributed by atoms with Gasteiger partial charge in [-0.15, -0.1) is 5.01 Å². The van der Waals surface area contributed by atoms with E-state index < -0.39 is 65.5 Å². The summed E-state index contributed by atoms with van der Waals surface area (Å²) in [5, 5.41) is 7.93. The number of sulfonamides is 1. The Kier molecular flexibility index (Phi) is 14.4. The van der Waals surface area contributed by atoms with Crippen LogP contribution in [-0.4, -0.2) is 121 Å². The number of fused-ring (bicyclic) bond motifs is 2. The zero-order valence-electron chi connectivity index (χ0n) is 33.5. The predicted molar refractivity (Wildman–Crippen MR) is 218 cm³/mol. The van der Waals surface area contributed by atoms with Crippen LogP contribution in [0.3, 0.4) is 0 Å². The summed E-state index contributed by atoms with van der Waals surface area (Å²) in [7, 11) is -8.31. The Labute approximate surface area is 343 Å². The molecule has 3 aromatic carbocycles. The SMILES string of the molecule is CCCOC(=O)[C@H](C)NP(=O)(Oc1ccccc1)C(F)c1ccc2ccc(C(=O)N[C@H]3CN(S(=O)(=O)CCC)CC[C@H]4CC[C@@H]([N+](=O)N5CCOCC5)N4C3=O)cc2c1. The van der Waals surface area contributed by atoms with Crippen molar-refractivity contribution in [2.75, 3.05) is 51.8 Å². The summed E-state index contributed by atoms with van der Waals surface area (Å²) in [5.74, 6) is -4.27. The van der Waals surface area contributed by atoms with Crippen LogP contribution < -0.4 is 14.9 Å². The van der Waals surface area contributed by atoms with E-state index in [-0.39, 0.29) is 42.3 Å². The number of alkyl halides is 1. The third kappa shape index (κ3) is 10.3. The van der Waals surface area contributed by atoms with Gasteiger partial charge in [-0.25, -0.2) is 17.9 Å². The maximum Gasteiger partial charge on any atom is 0.355 e. The monoisotopic (exact) mass is 859 g/mol. The minimum Gasteiger partial charge on any atom is -0.465 e. The summed E-state index contributed by atoms with van der Waals surface area (Å²) in [6.07, 6.45) is 1.29. The molecule has 3 saturated heterocycles. The molecule has 3 heterocycles. The van der Waals surface area contributed by atoms with E-state index in [1.807, 2.05) is 6.92 Å². The number of hydrogen-bond acceptors (Lipinski definition) is 10. The fourth-order valence-electron chi connectivity index (χ4n) is 7.64. The number of esters is 1. The molecular formula is C40H53FN6O10PS+. The molecule has 3 fully saturated rings. The van der Waals surface area contributed by atoms with Gasteiger partial charge in [-0.05, 0) is 79.3 Å². The van der Waals surface area contributed by atoms with Gasteiger partial charge >= 0.3 is 19.7 Å². The maximum absolute atomic E-state index is 16.6. The Bertz CT molecular complexity index is 2160. The average Bonchev–Trinajstić information content (AvgIpc) is 3.65. The van der Waals surface area contributed by atoms with Gasteiger partial charge in [0.25, 0.3) is 11.8 Å². The van der Waals surface area contributed by atoms with Crippen molar-refractivity contribution in [2.45, 2.75) is 83.1 Å². The van der Waals surface area contributed by atoms with Crippen LogP contribution in [0, 0.1) is 4.91 Å². The molecule has 0 saturated carbocycles. The number of carbonyl (C=O) groups excluding carboxylic acids is 3. The number of ether oxygens (including phenoxy) is 2. The fraction of sp³-hybridized carbons (Fsp3) is 0.525. The number of hydrogen-bond donors (Lipinski definition) is 2. The van der Waals surface area contributed by atoms with E-state index in [2.05, 4.69) is 10.4 Å². The number of hydrazine groups is 1. The first-order chi connectivity index (χ1) is 28.2. The molecular weight excluding hydrogens is 807 g/mol. The van der Waals surface area contributed by atoms with Crippen LogP contribution in [-0.2, 0) is 33.7 Å². The second kappa shape index (κ2) is 19.3. The van der Waals surface area contributed by atoms with Crippen molar-refractivity contribution in [2.24, 2.45) is 0 Å². The van der Waals surface area contributed by atoms with Crippen molar-refractivity contribution in [1.29, 1.82) is 0 Å². The molecule has 0 aliphatic carbocycles. The molecule has 0 bridgehead atoms. The molecule has 320 valence electrons. The van der Waals surface area contributed by atoms with E-state index in [1.165, 1.54) is 52.5 Å². The second-order valence-corrected chi connectivity index (χ2v) is 19.2. The highest BCUT2D eigenvalue weighted by Gasteiger charge is 2.52. The zero-order valence-corrected chi connectivity index (χ0v) is 35.2. The third-order valence-corrected chi connectivity index (χ3v) is 14.8. The quantitative estimate of drug-likeness (QED) is 0.113. The molecule has 3 aromatic rings. The Balaban J connectivity index is 1.28. The fourth-order valence-corrected chi connectivity index (χ4v) is 11.1. The number of carbonyl (C=O) groups is 3. The van der Waals surface area contributed by atoms with Gasteiger partial charge in [0.15, 0.2) is 0 Å². The van der Waals surface area contributed by atoms with E-state index in [0.29, 0.717) is 69.2 Å². The number of halogens is 1. The van der Waals surface area contributed by atoms with E-state index in [1.54, 1.807) is 42.3 Å². The Hall–Kier alpha value is -4.48. The molecule has 59 heavy (non-hydrogen) atoms. The Morgan fingerprint density at radius 1 is 0.983 bits per heavy atom. The number of para-hydroxylation sites is 1. The number of nitrogens with one attached hydrogen (secondary N) is 2. The van der Waals surface area contributed by atoms with Crippen LogP contribution in [0.15, 0.2) is 66.7 Å². The van der Waals surface area contributed by atoms with Gasteiger partial charge in [0.1, 0.15) is 35.8 Å². The highest BCUT2D eigenvalue weighted by Crippen LogP contribution is 2.58. The van der Waals surface area contributed by atoms with Crippen molar-refractivity contribution in [1.82, 2.24) is 24.6 Å². The minimum atomic E-state index is -4.53. The summed E-state index contributed by atoms with van der Waals surface area (Å²) >= 11 is 0. The molecule has 16 nitrogen and oxygen atoms in total. The third-order valence-electron chi connectivity index (χ3n) is 10.7. The van der Waals surface area contributed by atoms with Gasteiger partial charge in [-0.2, -0.15) is 4.31 Å². The first-order valence-electron chi connectivity index (χ1n) is 20.1. The smallest absolute Gasteiger partial charge is 0.355 e. The van der Waals surface area contributed by atoms with E-state index >= 15 is 4.39 Å². The largest absolute Gasteiger partial charge is 0.465 e. The number of morpholine rings is 1. The van der Waals surface area contributed by atoms with Crippen molar-refractivity contribution < 1.29 is 50.6 Å².